The fraction of sp³-hybridized carbons (Fsp3) is 0.812. The van der Waals surface area contributed by atoms with Crippen molar-refractivity contribution in [1.29, 1.82) is 0 Å². The number of hydrogen-bond donors (Lipinski definition) is 1. The van der Waals surface area contributed by atoms with Gasteiger partial charge in [0, 0.05) is 30.5 Å². The summed E-state index contributed by atoms with van der Waals surface area (Å²) < 4.78 is 2.10. The number of aromatic nitrogens is 2. The Morgan fingerprint density at radius 3 is 2.60 bits per heavy atom. The van der Waals surface area contributed by atoms with Gasteiger partial charge in [0.2, 0.25) is 0 Å². The Morgan fingerprint density at radius 2 is 2.00 bits per heavy atom. The van der Waals surface area contributed by atoms with Gasteiger partial charge in [0.05, 0.1) is 5.69 Å². The van der Waals surface area contributed by atoms with Crippen molar-refractivity contribution in [2.75, 3.05) is 18.1 Å². The van der Waals surface area contributed by atoms with E-state index in [4.69, 9.17) is 5.10 Å². The number of rotatable bonds is 10. The summed E-state index contributed by atoms with van der Waals surface area (Å²) in [5, 5.41) is 8.30. The molecule has 3 nitrogen and oxygen atoms in total. The maximum Gasteiger partial charge on any atom is 0.0640 e. The first kappa shape index (κ1) is 17.6. The van der Waals surface area contributed by atoms with Crippen LogP contribution < -0.4 is 5.32 Å². The second kappa shape index (κ2) is 9.46. The maximum atomic E-state index is 4.71. The minimum atomic E-state index is 0.497. The predicted molar refractivity (Wildman–Crippen MR) is 90.6 cm³/mol. The molecule has 0 saturated heterocycles. The molecule has 0 fully saturated rings. The molecule has 20 heavy (non-hydrogen) atoms. The first-order valence-corrected chi connectivity index (χ1v) is 9.07. The van der Waals surface area contributed by atoms with Gasteiger partial charge in [-0.2, -0.15) is 16.9 Å². The number of nitrogens with zero attached hydrogens (tertiary/aromatic N) is 2. The van der Waals surface area contributed by atoms with E-state index in [0.717, 1.165) is 25.3 Å². The summed E-state index contributed by atoms with van der Waals surface area (Å²) in [7, 11) is 0. The van der Waals surface area contributed by atoms with Crippen LogP contribution in [-0.2, 0) is 6.42 Å². The first-order valence-electron chi connectivity index (χ1n) is 7.91. The Kier molecular flexibility index (Phi) is 8.31. The second-order valence-electron chi connectivity index (χ2n) is 5.93. The normalized spacial score (nSPS) is 14.7. The lowest BCUT2D eigenvalue weighted by Gasteiger charge is -2.17. The molecular weight excluding hydrogens is 266 g/mol. The van der Waals surface area contributed by atoms with Crippen LogP contribution in [0.25, 0.3) is 0 Å². The van der Waals surface area contributed by atoms with Gasteiger partial charge < -0.3 is 5.32 Å². The minimum Gasteiger partial charge on any atom is -0.313 e. The zero-order chi connectivity index (χ0) is 15.0. The highest BCUT2D eigenvalue weighted by atomic mass is 32.2. The number of hydrogen-bond acceptors (Lipinski definition) is 3. The van der Waals surface area contributed by atoms with E-state index >= 15 is 0 Å². The van der Waals surface area contributed by atoms with Gasteiger partial charge in [0.15, 0.2) is 0 Å². The lowest BCUT2D eigenvalue weighted by atomic mass is 10.2. The molecule has 0 aromatic carbocycles. The summed E-state index contributed by atoms with van der Waals surface area (Å²) in [6, 6.07) is 3.20. The van der Waals surface area contributed by atoms with E-state index in [1.54, 1.807) is 0 Å². The SMILES string of the molecule is CCNC(CSCC(C)C)Cc1ccn(C(C)CC)n1. The standard InChI is InChI=1S/C16H31N3S/c1-6-14(5)19-9-8-15(18-19)10-16(17-7-2)12-20-11-13(3)4/h8-9,13-14,16-17H,6-7,10-12H2,1-5H3. The Bertz CT molecular complexity index is 362. The summed E-state index contributed by atoms with van der Waals surface area (Å²) in [5.41, 5.74) is 1.21. The van der Waals surface area contributed by atoms with Crippen LogP contribution in [0.15, 0.2) is 12.3 Å². The van der Waals surface area contributed by atoms with Crippen LogP contribution in [0.1, 0.15) is 52.8 Å². The van der Waals surface area contributed by atoms with E-state index in [2.05, 4.69) is 56.9 Å². The molecule has 1 heterocycles. The van der Waals surface area contributed by atoms with Crippen molar-refractivity contribution in [3.63, 3.8) is 0 Å². The zero-order valence-corrected chi connectivity index (χ0v) is 14.5. The Morgan fingerprint density at radius 1 is 1.25 bits per heavy atom. The molecule has 0 aliphatic heterocycles. The Hall–Kier alpha value is -0.480. The van der Waals surface area contributed by atoms with Crippen molar-refractivity contribution >= 4 is 11.8 Å². The van der Waals surface area contributed by atoms with Crippen LogP contribution >= 0.6 is 11.8 Å². The number of thioether (sulfide) groups is 1. The summed E-state index contributed by atoms with van der Waals surface area (Å²) in [4.78, 5) is 0. The lowest BCUT2D eigenvalue weighted by molar-refractivity contribution is 0.469. The molecule has 4 heteroatoms. The van der Waals surface area contributed by atoms with Gasteiger partial charge in [0.25, 0.3) is 0 Å². The molecular formula is C16H31N3S. The second-order valence-corrected chi connectivity index (χ2v) is 7.01. The Balaban J connectivity index is 2.49. The molecule has 2 atom stereocenters. The first-order chi connectivity index (χ1) is 9.56. The van der Waals surface area contributed by atoms with Gasteiger partial charge in [-0.3, -0.25) is 4.68 Å². The Labute approximate surface area is 128 Å². The highest BCUT2D eigenvalue weighted by Gasteiger charge is 2.12. The molecule has 116 valence electrons. The van der Waals surface area contributed by atoms with E-state index in [9.17, 15) is 0 Å². The van der Waals surface area contributed by atoms with Crippen molar-refractivity contribution in [2.45, 2.75) is 59.5 Å². The van der Waals surface area contributed by atoms with Crippen molar-refractivity contribution in [2.24, 2.45) is 5.92 Å². The van der Waals surface area contributed by atoms with Gasteiger partial charge in [-0.25, -0.2) is 0 Å². The molecule has 0 radical (unpaired) electrons. The molecule has 0 spiro atoms. The third-order valence-corrected chi connectivity index (χ3v) is 4.96. The maximum absolute atomic E-state index is 4.71. The van der Waals surface area contributed by atoms with E-state index in [1.165, 1.54) is 17.2 Å². The van der Waals surface area contributed by atoms with Crippen LogP contribution in [-0.4, -0.2) is 33.9 Å². The van der Waals surface area contributed by atoms with Gasteiger partial charge >= 0.3 is 0 Å². The number of likely N-dealkylation sites (N-methyl/N-ethyl adjacent to an activating group) is 1. The summed E-state index contributed by atoms with van der Waals surface area (Å²) in [6.45, 7) is 12.2. The van der Waals surface area contributed by atoms with Crippen molar-refractivity contribution < 1.29 is 0 Å². The molecule has 0 bridgehead atoms. The lowest BCUT2D eigenvalue weighted by Crippen LogP contribution is -2.33. The van der Waals surface area contributed by atoms with Crippen molar-refractivity contribution in [3.05, 3.63) is 18.0 Å². The van der Waals surface area contributed by atoms with Crippen LogP contribution in [0.5, 0.6) is 0 Å². The minimum absolute atomic E-state index is 0.497. The quantitative estimate of drug-likeness (QED) is 0.713. The van der Waals surface area contributed by atoms with Crippen LogP contribution in [0, 0.1) is 5.92 Å². The fourth-order valence-corrected chi connectivity index (χ4v) is 3.22. The van der Waals surface area contributed by atoms with Gasteiger partial charge in [-0.15, -0.1) is 0 Å². The van der Waals surface area contributed by atoms with E-state index in [0.29, 0.717) is 12.1 Å². The van der Waals surface area contributed by atoms with Crippen molar-refractivity contribution in [1.82, 2.24) is 15.1 Å². The highest BCUT2D eigenvalue weighted by molar-refractivity contribution is 7.99. The third-order valence-electron chi connectivity index (χ3n) is 3.42. The molecule has 2 unspecified atom stereocenters. The summed E-state index contributed by atoms with van der Waals surface area (Å²) >= 11 is 2.05. The van der Waals surface area contributed by atoms with Gasteiger partial charge in [0.1, 0.15) is 0 Å². The van der Waals surface area contributed by atoms with Crippen LogP contribution in [0.3, 0.4) is 0 Å². The van der Waals surface area contributed by atoms with Gasteiger partial charge in [-0.05, 0) is 37.6 Å². The summed E-state index contributed by atoms with van der Waals surface area (Å²) in [5.74, 6) is 3.18. The topological polar surface area (TPSA) is 29.9 Å². The smallest absolute Gasteiger partial charge is 0.0640 e. The fourth-order valence-electron chi connectivity index (χ4n) is 2.10. The van der Waals surface area contributed by atoms with E-state index in [1.807, 2.05) is 11.8 Å². The summed E-state index contributed by atoms with van der Waals surface area (Å²) in [6.07, 6.45) is 4.28. The predicted octanol–water partition coefficient (Wildman–Crippen LogP) is 3.76. The molecule has 0 aliphatic carbocycles. The van der Waals surface area contributed by atoms with Crippen LogP contribution in [0.2, 0.25) is 0 Å². The average Bonchev–Trinajstić information content (AvgIpc) is 2.86. The molecule has 0 aliphatic rings. The highest BCUT2D eigenvalue weighted by Crippen LogP contribution is 2.13. The van der Waals surface area contributed by atoms with Crippen LogP contribution in [0.4, 0.5) is 0 Å². The van der Waals surface area contributed by atoms with Gasteiger partial charge in [-0.1, -0.05) is 27.7 Å². The van der Waals surface area contributed by atoms with E-state index in [-0.39, 0.29) is 0 Å². The molecule has 1 aromatic heterocycles. The average molecular weight is 298 g/mol. The number of nitrogens with one attached hydrogen (secondary N) is 1. The van der Waals surface area contributed by atoms with Crippen molar-refractivity contribution in [3.8, 4) is 0 Å². The zero-order valence-electron chi connectivity index (χ0n) is 13.7. The molecule has 0 saturated carbocycles. The molecule has 1 rings (SSSR count). The third kappa shape index (κ3) is 6.31. The largest absolute Gasteiger partial charge is 0.313 e. The molecule has 1 aromatic rings. The molecule has 0 amide bonds. The molecule has 1 N–H and O–H groups in total. The monoisotopic (exact) mass is 297 g/mol. The van der Waals surface area contributed by atoms with E-state index < -0.39 is 0 Å².